The molecule has 1 aliphatic heterocycles. The molecule has 0 bridgehead atoms. The van der Waals surface area contributed by atoms with E-state index in [1.807, 2.05) is 6.92 Å². The van der Waals surface area contributed by atoms with E-state index in [4.69, 9.17) is 0 Å². The number of nitrogens with zero attached hydrogens (tertiary/aromatic N) is 3. The van der Waals surface area contributed by atoms with E-state index in [1.165, 1.54) is 43.4 Å². The number of aromatic nitrogens is 2. The normalized spacial score (nSPS) is 19.8. The van der Waals surface area contributed by atoms with Crippen LogP contribution in [0.4, 0.5) is 5.13 Å². The van der Waals surface area contributed by atoms with Gasteiger partial charge in [0.25, 0.3) is 0 Å². The summed E-state index contributed by atoms with van der Waals surface area (Å²) in [5.74, 6) is 0.0207. The molecule has 1 aromatic rings. The second-order valence-corrected chi connectivity index (χ2v) is 5.55. The summed E-state index contributed by atoms with van der Waals surface area (Å²) >= 11 is 1.35. The molecule has 1 amide bonds. The van der Waals surface area contributed by atoms with Crippen LogP contribution >= 0.6 is 11.3 Å². The summed E-state index contributed by atoms with van der Waals surface area (Å²) in [5.41, 5.74) is 1.62. The molecule has 0 spiro atoms. The lowest BCUT2D eigenvalue weighted by atomic mass is 10.1. The van der Waals surface area contributed by atoms with E-state index in [0.717, 1.165) is 13.1 Å². The van der Waals surface area contributed by atoms with Gasteiger partial charge in [0.1, 0.15) is 5.51 Å². The van der Waals surface area contributed by atoms with E-state index in [0.29, 0.717) is 5.13 Å². The van der Waals surface area contributed by atoms with Crippen LogP contribution in [0.5, 0.6) is 0 Å². The Labute approximate surface area is 112 Å². The molecule has 0 radical (unpaired) electrons. The van der Waals surface area contributed by atoms with E-state index < -0.39 is 0 Å². The van der Waals surface area contributed by atoms with Crippen LogP contribution in [0, 0.1) is 0 Å². The molecule has 1 atom stereocenters. The van der Waals surface area contributed by atoms with E-state index >= 15 is 0 Å². The maximum atomic E-state index is 12.1. The van der Waals surface area contributed by atoms with Gasteiger partial charge in [0.2, 0.25) is 11.0 Å². The number of likely N-dealkylation sites (tertiary alicyclic amines) is 1. The van der Waals surface area contributed by atoms with Gasteiger partial charge >= 0.3 is 0 Å². The first-order chi connectivity index (χ1) is 8.77. The third-order valence-corrected chi connectivity index (χ3v) is 4.01. The average molecular weight is 268 g/mol. The summed E-state index contributed by atoms with van der Waals surface area (Å²) < 4.78 is 0. The SMILES string of the molecule is C[C@H](C(=O)Nc1nncs1)N1CCCCCCC1. The zero-order chi connectivity index (χ0) is 12.8. The Hall–Kier alpha value is -1.01. The quantitative estimate of drug-likeness (QED) is 0.912. The van der Waals surface area contributed by atoms with Gasteiger partial charge in [-0.05, 0) is 32.9 Å². The summed E-state index contributed by atoms with van der Waals surface area (Å²) in [6, 6.07) is -0.0907. The molecule has 1 fully saturated rings. The van der Waals surface area contributed by atoms with Crippen molar-refractivity contribution in [3.8, 4) is 0 Å². The summed E-state index contributed by atoms with van der Waals surface area (Å²) in [4.78, 5) is 14.4. The van der Waals surface area contributed by atoms with Crippen LogP contribution in [-0.2, 0) is 4.79 Å². The first-order valence-electron chi connectivity index (χ1n) is 6.58. The molecule has 18 heavy (non-hydrogen) atoms. The number of hydrogen-bond donors (Lipinski definition) is 1. The molecular formula is C12H20N4OS. The first kappa shape index (κ1) is 13.4. The highest BCUT2D eigenvalue weighted by Crippen LogP contribution is 2.14. The largest absolute Gasteiger partial charge is 0.299 e. The van der Waals surface area contributed by atoms with Crippen molar-refractivity contribution in [3.05, 3.63) is 5.51 Å². The highest BCUT2D eigenvalue weighted by Gasteiger charge is 2.22. The fraction of sp³-hybridized carbons (Fsp3) is 0.750. The molecule has 2 heterocycles. The Kier molecular flexibility index (Phi) is 5.07. The number of anilines is 1. The molecule has 0 aromatic carbocycles. The van der Waals surface area contributed by atoms with Crippen LogP contribution in [0.25, 0.3) is 0 Å². The van der Waals surface area contributed by atoms with Gasteiger partial charge in [-0.15, -0.1) is 10.2 Å². The van der Waals surface area contributed by atoms with Gasteiger partial charge in [0.05, 0.1) is 6.04 Å². The van der Waals surface area contributed by atoms with Crippen LogP contribution in [0.3, 0.4) is 0 Å². The van der Waals surface area contributed by atoms with Gasteiger partial charge in [-0.2, -0.15) is 0 Å². The summed E-state index contributed by atoms with van der Waals surface area (Å²) in [7, 11) is 0. The third kappa shape index (κ3) is 3.74. The molecular weight excluding hydrogens is 248 g/mol. The van der Waals surface area contributed by atoms with Gasteiger partial charge in [0, 0.05) is 0 Å². The number of hydrogen-bond acceptors (Lipinski definition) is 5. The van der Waals surface area contributed by atoms with Gasteiger partial charge < -0.3 is 0 Å². The van der Waals surface area contributed by atoms with E-state index in [-0.39, 0.29) is 11.9 Å². The van der Waals surface area contributed by atoms with Crippen molar-refractivity contribution in [2.45, 2.75) is 45.1 Å². The minimum atomic E-state index is -0.0907. The van der Waals surface area contributed by atoms with Crippen molar-refractivity contribution in [2.75, 3.05) is 18.4 Å². The molecule has 2 rings (SSSR count). The lowest BCUT2D eigenvalue weighted by molar-refractivity contribution is -0.120. The molecule has 6 heteroatoms. The predicted octanol–water partition coefficient (Wildman–Crippen LogP) is 2.13. The fourth-order valence-electron chi connectivity index (χ4n) is 2.26. The van der Waals surface area contributed by atoms with Gasteiger partial charge in [0.15, 0.2) is 0 Å². The maximum Gasteiger partial charge on any atom is 0.243 e. The molecule has 1 aliphatic rings. The molecule has 1 aromatic heterocycles. The van der Waals surface area contributed by atoms with Crippen molar-refractivity contribution in [1.82, 2.24) is 15.1 Å². The van der Waals surface area contributed by atoms with Crippen LogP contribution in [0.2, 0.25) is 0 Å². The Bertz CT molecular complexity index is 360. The van der Waals surface area contributed by atoms with Crippen LogP contribution in [0.1, 0.15) is 39.0 Å². The van der Waals surface area contributed by atoms with Crippen LogP contribution in [0.15, 0.2) is 5.51 Å². The van der Waals surface area contributed by atoms with E-state index in [1.54, 1.807) is 5.51 Å². The minimum absolute atomic E-state index is 0.0207. The van der Waals surface area contributed by atoms with Crippen molar-refractivity contribution < 1.29 is 4.79 Å². The van der Waals surface area contributed by atoms with Crippen LogP contribution in [-0.4, -0.2) is 40.1 Å². The average Bonchev–Trinajstić information content (AvgIpc) is 2.80. The zero-order valence-electron chi connectivity index (χ0n) is 10.8. The number of amides is 1. The molecule has 0 unspecified atom stereocenters. The molecule has 0 saturated carbocycles. The fourth-order valence-corrected chi connectivity index (χ4v) is 2.71. The maximum absolute atomic E-state index is 12.1. The summed E-state index contributed by atoms with van der Waals surface area (Å²) in [6.07, 6.45) is 6.27. The Morgan fingerprint density at radius 2 is 2.00 bits per heavy atom. The molecule has 1 N–H and O–H groups in total. The van der Waals surface area contributed by atoms with Crippen molar-refractivity contribution >= 4 is 22.4 Å². The number of carbonyl (C=O) groups is 1. The molecule has 0 aliphatic carbocycles. The van der Waals surface area contributed by atoms with Crippen molar-refractivity contribution in [1.29, 1.82) is 0 Å². The van der Waals surface area contributed by atoms with Crippen molar-refractivity contribution in [3.63, 3.8) is 0 Å². The smallest absolute Gasteiger partial charge is 0.243 e. The number of carbonyl (C=O) groups excluding carboxylic acids is 1. The lowest BCUT2D eigenvalue weighted by Gasteiger charge is -2.29. The van der Waals surface area contributed by atoms with Gasteiger partial charge in [-0.25, -0.2) is 0 Å². The highest BCUT2D eigenvalue weighted by atomic mass is 32.1. The van der Waals surface area contributed by atoms with E-state index in [9.17, 15) is 4.79 Å². The Balaban J connectivity index is 1.87. The summed E-state index contributed by atoms with van der Waals surface area (Å²) in [6.45, 7) is 4.01. The monoisotopic (exact) mass is 268 g/mol. The first-order valence-corrected chi connectivity index (χ1v) is 7.46. The second-order valence-electron chi connectivity index (χ2n) is 4.71. The molecule has 100 valence electrons. The molecule has 5 nitrogen and oxygen atoms in total. The van der Waals surface area contributed by atoms with Crippen molar-refractivity contribution in [2.24, 2.45) is 0 Å². The third-order valence-electron chi connectivity index (χ3n) is 3.41. The van der Waals surface area contributed by atoms with E-state index in [2.05, 4.69) is 20.4 Å². The summed E-state index contributed by atoms with van der Waals surface area (Å²) in [5, 5.41) is 11.0. The van der Waals surface area contributed by atoms with Gasteiger partial charge in [-0.3, -0.25) is 15.0 Å². The standard InChI is InChI=1S/C12H20N4OS/c1-10(11(17)14-12-15-13-9-18-12)16-7-5-3-2-4-6-8-16/h9-10H,2-8H2,1H3,(H,14,15,17)/t10-/m1/s1. The predicted molar refractivity (Wildman–Crippen MR) is 72.7 cm³/mol. The number of rotatable bonds is 3. The van der Waals surface area contributed by atoms with Crippen LogP contribution < -0.4 is 5.32 Å². The Morgan fingerprint density at radius 1 is 1.33 bits per heavy atom. The number of nitrogens with one attached hydrogen (secondary N) is 1. The Morgan fingerprint density at radius 3 is 2.61 bits per heavy atom. The minimum Gasteiger partial charge on any atom is -0.299 e. The molecule has 1 saturated heterocycles. The van der Waals surface area contributed by atoms with Gasteiger partial charge in [-0.1, -0.05) is 30.6 Å². The lowest BCUT2D eigenvalue weighted by Crippen LogP contribution is -2.43. The zero-order valence-corrected chi connectivity index (χ0v) is 11.6. The topological polar surface area (TPSA) is 58.1 Å². The second kappa shape index (κ2) is 6.80. The highest BCUT2D eigenvalue weighted by molar-refractivity contribution is 7.13.